The maximum atomic E-state index is 9.70. The van der Waals surface area contributed by atoms with Gasteiger partial charge in [-0.1, -0.05) is 57.2 Å². The van der Waals surface area contributed by atoms with Crippen LogP contribution in [0, 0.1) is 13.8 Å². The van der Waals surface area contributed by atoms with Gasteiger partial charge in [-0.2, -0.15) is 0 Å². The molecule has 5 heteroatoms. The zero-order valence-corrected chi connectivity index (χ0v) is 19.7. The molecule has 162 valence electrons. The van der Waals surface area contributed by atoms with Gasteiger partial charge in [0.2, 0.25) is 0 Å². The molecule has 0 bridgehead atoms. The molecule has 2 rings (SSSR count). The Labute approximate surface area is 175 Å². The van der Waals surface area contributed by atoms with Crippen molar-refractivity contribution in [2.75, 3.05) is 18.0 Å². The molecule has 1 heterocycles. The second-order valence-electron chi connectivity index (χ2n) is 8.35. The van der Waals surface area contributed by atoms with E-state index in [2.05, 4.69) is 51.7 Å². The number of hydrogen-bond donors (Lipinski definition) is 0. The maximum absolute atomic E-state index is 9.70. The van der Waals surface area contributed by atoms with Crippen LogP contribution in [0.2, 0.25) is 0 Å². The van der Waals surface area contributed by atoms with Crippen molar-refractivity contribution in [3.8, 4) is 0 Å². The first-order chi connectivity index (χ1) is 13.1. The van der Waals surface area contributed by atoms with Gasteiger partial charge in [0, 0.05) is 24.0 Å². The number of hydrogen-bond acceptors (Lipinski definition) is 4. The minimum absolute atomic E-state index is 0.231. The van der Waals surface area contributed by atoms with Crippen LogP contribution in [0.1, 0.15) is 77.0 Å². The number of rotatable bonds is 7. The van der Waals surface area contributed by atoms with Crippen molar-refractivity contribution >= 4 is 16.8 Å². The molecule has 1 aliphatic rings. The monoisotopic (exact) mass is 410 g/mol. The summed E-state index contributed by atoms with van der Waals surface area (Å²) in [4.78, 5) is 2.50. The Kier molecular flexibility index (Phi) is 11.3. The van der Waals surface area contributed by atoms with Gasteiger partial charge in [-0.25, -0.2) is 0 Å². The highest BCUT2D eigenvalue weighted by atomic mass is 32.2. The van der Waals surface area contributed by atoms with Crippen LogP contribution in [-0.2, 0) is 22.2 Å². The summed E-state index contributed by atoms with van der Waals surface area (Å²) < 4.78 is 25.3. The predicted molar refractivity (Wildman–Crippen MR) is 120 cm³/mol. The first-order valence-corrected chi connectivity index (χ1v) is 11.9. The third kappa shape index (κ3) is 8.62. The highest BCUT2D eigenvalue weighted by Crippen LogP contribution is 2.28. The molecule has 0 amide bonds. The topological polar surface area (TPSA) is 52.6 Å². The molecule has 0 aliphatic carbocycles. The second kappa shape index (κ2) is 12.6. The van der Waals surface area contributed by atoms with Crippen LogP contribution < -0.4 is 4.90 Å². The Morgan fingerprint density at radius 1 is 1.11 bits per heavy atom. The van der Waals surface area contributed by atoms with Crippen molar-refractivity contribution in [3.63, 3.8) is 0 Å². The standard InChI is InChI=1S/C20H33NO.C3H8O2S/c1-6-7-8-9-10-19-11-16(3)20(12-15(19)2)21-13-17(4)22-18(5)14-21;1-3(2)6(4)5/h11-12,17-18H,6-10,13-14H2,1-5H3;3H,1-2H3,(H,4,5)/p-1/t17-,18+;. The third-order valence-electron chi connectivity index (χ3n) is 5.10. The summed E-state index contributed by atoms with van der Waals surface area (Å²) in [5.41, 5.74) is 5.80. The van der Waals surface area contributed by atoms with Crippen molar-refractivity contribution in [1.29, 1.82) is 0 Å². The molecule has 0 saturated carbocycles. The molecule has 0 spiro atoms. The Hall–Kier alpha value is -0.910. The number of benzene rings is 1. The number of ether oxygens (including phenoxy) is 1. The van der Waals surface area contributed by atoms with Crippen LogP contribution in [0.15, 0.2) is 12.1 Å². The van der Waals surface area contributed by atoms with Crippen molar-refractivity contribution in [2.24, 2.45) is 0 Å². The Morgan fingerprint density at radius 3 is 2.18 bits per heavy atom. The van der Waals surface area contributed by atoms with Gasteiger partial charge in [0.15, 0.2) is 0 Å². The van der Waals surface area contributed by atoms with Crippen LogP contribution in [0.25, 0.3) is 0 Å². The molecule has 28 heavy (non-hydrogen) atoms. The maximum Gasteiger partial charge on any atom is 0.0726 e. The van der Waals surface area contributed by atoms with E-state index in [1.807, 2.05) is 0 Å². The third-order valence-corrected chi connectivity index (χ3v) is 5.87. The summed E-state index contributed by atoms with van der Waals surface area (Å²) in [7, 11) is 0. The quantitative estimate of drug-likeness (QED) is 0.451. The molecule has 1 fully saturated rings. The lowest BCUT2D eigenvalue weighted by molar-refractivity contribution is -0.00525. The van der Waals surface area contributed by atoms with E-state index in [0.717, 1.165) is 13.1 Å². The molecule has 1 saturated heterocycles. The molecule has 4 nitrogen and oxygen atoms in total. The predicted octanol–water partition coefficient (Wildman–Crippen LogP) is 5.31. The van der Waals surface area contributed by atoms with E-state index in [1.165, 1.54) is 54.5 Å². The van der Waals surface area contributed by atoms with Gasteiger partial charge in [-0.3, -0.25) is 4.21 Å². The molecule has 1 aromatic carbocycles. The van der Waals surface area contributed by atoms with Gasteiger partial charge >= 0.3 is 0 Å². The smallest absolute Gasteiger partial charge is 0.0726 e. The van der Waals surface area contributed by atoms with E-state index >= 15 is 0 Å². The molecule has 3 atom stereocenters. The fourth-order valence-corrected chi connectivity index (χ4v) is 3.59. The average molecular weight is 411 g/mol. The number of nitrogens with zero attached hydrogens (tertiary/aromatic N) is 1. The summed E-state index contributed by atoms with van der Waals surface area (Å²) in [5, 5.41) is -0.231. The SMILES string of the molecule is CC(C)S(=O)[O-].CCCCCCc1cc(C)c(N2C[C@@H](C)O[C@@H](C)C2)cc1C. The average Bonchev–Trinajstić information content (AvgIpc) is 2.60. The minimum atomic E-state index is -1.87. The number of unbranched alkanes of at least 4 members (excludes halogenated alkanes) is 3. The van der Waals surface area contributed by atoms with E-state index in [0.29, 0.717) is 12.2 Å². The Bertz CT molecular complexity index is 608. The lowest BCUT2D eigenvalue weighted by Crippen LogP contribution is -2.45. The van der Waals surface area contributed by atoms with Crippen molar-refractivity contribution < 1.29 is 13.5 Å². The van der Waals surface area contributed by atoms with E-state index in [9.17, 15) is 8.76 Å². The van der Waals surface area contributed by atoms with Crippen molar-refractivity contribution in [2.45, 2.75) is 98.0 Å². The fourth-order valence-electron chi connectivity index (χ4n) is 3.59. The largest absolute Gasteiger partial charge is 0.772 e. The highest BCUT2D eigenvalue weighted by molar-refractivity contribution is 7.79. The van der Waals surface area contributed by atoms with Crippen LogP contribution >= 0.6 is 0 Å². The lowest BCUT2D eigenvalue weighted by atomic mass is 9.97. The van der Waals surface area contributed by atoms with Gasteiger partial charge in [-0.15, -0.1) is 0 Å². The van der Waals surface area contributed by atoms with Crippen LogP contribution in [0.4, 0.5) is 5.69 Å². The fraction of sp³-hybridized carbons (Fsp3) is 0.739. The molecule has 1 unspecified atom stereocenters. The molecule has 1 aliphatic heterocycles. The summed E-state index contributed by atoms with van der Waals surface area (Å²) in [6.45, 7) is 16.4. The van der Waals surface area contributed by atoms with Gasteiger partial charge in [0.05, 0.1) is 12.2 Å². The van der Waals surface area contributed by atoms with E-state index < -0.39 is 11.1 Å². The Balaban J connectivity index is 0.000000568. The summed E-state index contributed by atoms with van der Waals surface area (Å²) in [6, 6.07) is 4.82. The summed E-state index contributed by atoms with van der Waals surface area (Å²) >= 11 is -1.87. The molecule has 1 aromatic rings. The van der Waals surface area contributed by atoms with E-state index in [1.54, 1.807) is 13.8 Å². The van der Waals surface area contributed by atoms with Gasteiger partial charge in [-0.05, 0) is 63.3 Å². The van der Waals surface area contributed by atoms with E-state index in [4.69, 9.17) is 4.74 Å². The van der Waals surface area contributed by atoms with Crippen molar-refractivity contribution in [1.82, 2.24) is 0 Å². The van der Waals surface area contributed by atoms with Gasteiger partial charge < -0.3 is 14.2 Å². The van der Waals surface area contributed by atoms with Crippen LogP contribution in [-0.4, -0.2) is 39.3 Å². The second-order valence-corrected chi connectivity index (χ2v) is 9.81. The summed E-state index contributed by atoms with van der Waals surface area (Å²) in [6.07, 6.45) is 7.20. The van der Waals surface area contributed by atoms with Crippen molar-refractivity contribution in [3.05, 3.63) is 28.8 Å². The van der Waals surface area contributed by atoms with E-state index in [-0.39, 0.29) is 5.25 Å². The van der Waals surface area contributed by atoms with Crippen LogP contribution in [0.3, 0.4) is 0 Å². The van der Waals surface area contributed by atoms with Crippen LogP contribution in [0.5, 0.6) is 0 Å². The van der Waals surface area contributed by atoms with Gasteiger partial charge in [0.25, 0.3) is 0 Å². The molecule has 0 radical (unpaired) electrons. The molecule has 0 N–H and O–H groups in total. The number of aryl methyl sites for hydroxylation is 3. The minimum Gasteiger partial charge on any atom is -0.772 e. The molecule has 0 aromatic heterocycles. The first-order valence-electron chi connectivity index (χ1n) is 10.7. The summed E-state index contributed by atoms with van der Waals surface area (Å²) in [5.74, 6) is 0. The zero-order valence-electron chi connectivity index (χ0n) is 18.9. The molecular formula is C23H40NO3S-. The van der Waals surface area contributed by atoms with Gasteiger partial charge in [0.1, 0.15) is 0 Å². The molecular weight excluding hydrogens is 370 g/mol. The highest BCUT2D eigenvalue weighted by Gasteiger charge is 2.23. The normalized spacial score (nSPS) is 20.7. The Morgan fingerprint density at radius 2 is 1.68 bits per heavy atom. The number of morpholine rings is 1. The first kappa shape index (κ1) is 25.1. The lowest BCUT2D eigenvalue weighted by Gasteiger charge is -2.38. The number of anilines is 1. The zero-order chi connectivity index (χ0) is 21.3.